The first kappa shape index (κ1) is 34.3. The Hall–Kier alpha value is -1.21. The summed E-state index contributed by atoms with van der Waals surface area (Å²) in [5.74, 6) is 1.09. The van der Waals surface area contributed by atoms with Gasteiger partial charge in [0.1, 0.15) is 42.7 Å². The van der Waals surface area contributed by atoms with Crippen LogP contribution in [0.1, 0.15) is 32.1 Å². The van der Waals surface area contributed by atoms with E-state index in [9.17, 15) is 45.6 Å². The minimum atomic E-state index is -1.81. The number of benzene rings is 1. The Morgan fingerprint density at radius 3 is 2.49 bits per heavy atom. The van der Waals surface area contributed by atoms with Crippen molar-refractivity contribution in [2.24, 2.45) is 0 Å². The van der Waals surface area contributed by atoms with Gasteiger partial charge in [0.15, 0.2) is 6.29 Å². The summed E-state index contributed by atoms with van der Waals surface area (Å²) in [5, 5.41) is 86.9. The van der Waals surface area contributed by atoms with Gasteiger partial charge in [0.2, 0.25) is 5.91 Å². The fourth-order valence-corrected chi connectivity index (χ4v) is 7.58. The van der Waals surface area contributed by atoms with Crippen molar-refractivity contribution in [3.8, 4) is 0 Å². The molecule has 0 saturated carbocycles. The molecule has 13 nitrogen and oxygen atoms in total. The number of aliphatic hydroxyl groups is 8. The minimum absolute atomic E-state index is 0.0998. The molecular formula is C26H42N2O11S2. The monoisotopic (exact) mass is 622 g/mol. The molecule has 0 bridgehead atoms. The van der Waals surface area contributed by atoms with Gasteiger partial charge in [-0.15, -0.1) is 0 Å². The highest BCUT2D eigenvalue weighted by Crippen LogP contribution is 2.40. The van der Waals surface area contributed by atoms with Crippen molar-refractivity contribution in [3.05, 3.63) is 24.3 Å². The number of hydrogen-bond acceptors (Lipinski definition) is 14. The summed E-state index contributed by atoms with van der Waals surface area (Å²) in [6.45, 7) is -1.83. The van der Waals surface area contributed by atoms with E-state index in [2.05, 4.69) is 10.6 Å². The SMILES string of the molecule is O=C(CCCCC1CCSS1)Nc1cccc(NCC(O)C(O)C(OC2OC(CO)C(O)C(O)C2O)C(O)CO)c1. The van der Waals surface area contributed by atoms with E-state index < -0.39 is 68.3 Å². The van der Waals surface area contributed by atoms with E-state index >= 15 is 0 Å². The maximum Gasteiger partial charge on any atom is 0.224 e. The van der Waals surface area contributed by atoms with Gasteiger partial charge in [-0.3, -0.25) is 4.79 Å². The first-order chi connectivity index (χ1) is 19.6. The highest BCUT2D eigenvalue weighted by molar-refractivity contribution is 8.77. The van der Waals surface area contributed by atoms with Gasteiger partial charge in [0.25, 0.3) is 0 Å². The zero-order valence-corrected chi connectivity index (χ0v) is 24.2. The third-order valence-electron chi connectivity index (χ3n) is 7.01. The zero-order valence-electron chi connectivity index (χ0n) is 22.6. The molecule has 234 valence electrons. The van der Waals surface area contributed by atoms with Crippen LogP contribution in [0, 0.1) is 0 Å². The number of ether oxygens (including phenoxy) is 2. The predicted molar refractivity (Wildman–Crippen MR) is 154 cm³/mol. The van der Waals surface area contributed by atoms with Crippen LogP contribution in [0.25, 0.3) is 0 Å². The summed E-state index contributed by atoms with van der Waals surface area (Å²) in [6, 6.07) is 6.78. The lowest BCUT2D eigenvalue weighted by Gasteiger charge is -2.42. The van der Waals surface area contributed by atoms with Crippen LogP contribution in [0.15, 0.2) is 24.3 Å². The smallest absolute Gasteiger partial charge is 0.224 e. The van der Waals surface area contributed by atoms with Crippen molar-refractivity contribution >= 4 is 38.9 Å². The van der Waals surface area contributed by atoms with E-state index in [0.29, 0.717) is 23.0 Å². The minimum Gasteiger partial charge on any atom is -0.394 e. The summed E-state index contributed by atoms with van der Waals surface area (Å²) in [4.78, 5) is 12.4. The third kappa shape index (κ3) is 10.2. The maximum absolute atomic E-state index is 12.4. The number of anilines is 2. The lowest BCUT2D eigenvalue weighted by Crippen LogP contribution is -2.61. The van der Waals surface area contributed by atoms with Crippen molar-refractivity contribution in [3.63, 3.8) is 0 Å². The van der Waals surface area contributed by atoms with Gasteiger partial charge >= 0.3 is 0 Å². The first-order valence-corrected chi connectivity index (χ1v) is 16.1. The number of aliphatic hydroxyl groups excluding tert-OH is 8. The maximum atomic E-state index is 12.4. The number of amides is 1. The van der Waals surface area contributed by atoms with E-state index in [4.69, 9.17) is 9.47 Å². The van der Waals surface area contributed by atoms with Crippen LogP contribution in [-0.4, -0.2) is 133 Å². The van der Waals surface area contributed by atoms with Crippen LogP contribution in [0.5, 0.6) is 0 Å². The summed E-state index contributed by atoms with van der Waals surface area (Å²) in [6.07, 6.45) is -10.4. The molecule has 2 aliphatic rings. The standard InChI is InChI=1S/C26H42N2O11S2/c29-12-18(32)25(39-26-24(37)23(36)22(35)19(13-30)38-26)21(34)17(31)11-27-14-4-3-5-15(10-14)28-20(33)7-2-1-6-16-8-9-40-41-16/h3-5,10,16-19,21-27,29-32,34-37H,1-2,6-9,11-13H2,(H,28,33). The molecule has 41 heavy (non-hydrogen) atoms. The van der Waals surface area contributed by atoms with Crippen molar-refractivity contribution in [1.82, 2.24) is 0 Å². The zero-order chi connectivity index (χ0) is 29.9. The number of carbonyl (C=O) groups is 1. The predicted octanol–water partition coefficient (Wildman–Crippen LogP) is -0.989. The molecule has 3 rings (SSSR count). The average Bonchev–Trinajstić information content (AvgIpc) is 3.50. The van der Waals surface area contributed by atoms with E-state index in [1.165, 1.54) is 12.2 Å². The lowest BCUT2D eigenvalue weighted by atomic mass is 9.98. The number of rotatable bonds is 16. The second-order valence-corrected chi connectivity index (χ2v) is 13.0. The molecule has 10 atom stereocenters. The van der Waals surface area contributed by atoms with E-state index in [0.717, 1.165) is 19.3 Å². The summed E-state index contributed by atoms with van der Waals surface area (Å²) < 4.78 is 10.7. The lowest BCUT2D eigenvalue weighted by molar-refractivity contribution is -0.326. The molecule has 10 unspecified atom stereocenters. The molecular weight excluding hydrogens is 580 g/mol. The molecule has 0 aromatic heterocycles. The summed E-state index contributed by atoms with van der Waals surface area (Å²) in [7, 11) is 3.84. The fourth-order valence-electron chi connectivity index (χ4n) is 4.55. The highest BCUT2D eigenvalue weighted by Gasteiger charge is 2.46. The molecule has 15 heteroatoms. The Balaban J connectivity index is 1.50. The van der Waals surface area contributed by atoms with Gasteiger partial charge in [0.05, 0.1) is 19.3 Å². The molecule has 2 saturated heterocycles. The van der Waals surface area contributed by atoms with Gasteiger partial charge in [0, 0.05) is 35.3 Å². The summed E-state index contributed by atoms with van der Waals surface area (Å²) in [5.41, 5.74) is 1.08. The molecule has 1 amide bonds. The molecule has 0 radical (unpaired) electrons. The third-order valence-corrected chi connectivity index (χ3v) is 10.0. The Labute approximate surface area is 246 Å². The Bertz CT molecular complexity index is 927. The number of hydrogen-bond donors (Lipinski definition) is 10. The van der Waals surface area contributed by atoms with Crippen molar-refractivity contribution in [1.29, 1.82) is 0 Å². The van der Waals surface area contributed by atoms with Gasteiger partial charge in [-0.25, -0.2) is 0 Å². The molecule has 1 aromatic carbocycles. The van der Waals surface area contributed by atoms with Crippen LogP contribution < -0.4 is 10.6 Å². The van der Waals surface area contributed by atoms with Crippen molar-refractivity contribution < 1.29 is 55.1 Å². The Morgan fingerprint density at radius 1 is 1.05 bits per heavy atom. The van der Waals surface area contributed by atoms with Gasteiger partial charge in [-0.2, -0.15) is 0 Å². The highest BCUT2D eigenvalue weighted by atomic mass is 33.1. The van der Waals surface area contributed by atoms with Gasteiger partial charge < -0.3 is 61.0 Å². The van der Waals surface area contributed by atoms with Crippen molar-refractivity contribution in [2.75, 3.05) is 36.1 Å². The molecule has 2 aliphatic heterocycles. The van der Waals surface area contributed by atoms with Crippen LogP contribution in [0.4, 0.5) is 11.4 Å². The van der Waals surface area contributed by atoms with Gasteiger partial charge in [-0.05, 0) is 37.5 Å². The Kier molecular flexibility index (Phi) is 14.4. The molecule has 2 fully saturated rings. The van der Waals surface area contributed by atoms with Gasteiger partial charge in [-0.1, -0.05) is 34.1 Å². The number of carbonyl (C=O) groups excluding carboxylic acids is 1. The topological polar surface area (TPSA) is 221 Å². The second-order valence-electron chi connectivity index (χ2n) is 10.2. The summed E-state index contributed by atoms with van der Waals surface area (Å²) >= 11 is 0. The van der Waals surface area contributed by atoms with E-state index in [1.54, 1.807) is 24.3 Å². The molecule has 0 aliphatic carbocycles. The largest absolute Gasteiger partial charge is 0.394 e. The van der Waals surface area contributed by atoms with Crippen LogP contribution >= 0.6 is 21.6 Å². The first-order valence-electron chi connectivity index (χ1n) is 13.7. The Morgan fingerprint density at radius 2 is 1.80 bits per heavy atom. The molecule has 10 N–H and O–H groups in total. The second kappa shape index (κ2) is 17.2. The molecule has 2 heterocycles. The van der Waals surface area contributed by atoms with Crippen LogP contribution in [0.2, 0.25) is 0 Å². The van der Waals surface area contributed by atoms with E-state index in [-0.39, 0.29) is 12.5 Å². The number of unbranched alkanes of at least 4 members (excludes halogenated alkanes) is 1. The van der Waals surface area contributed by atoms with Crippen molar-refractivity contribution in [2.45, 2.75) is 92.5 Å². The average molecular weight is 623 g/mol. The molecule has 0 spiro atoms. The normalized spacial score (nSPS) is 29.5. The van der Waals surface area contributed by atoms with E-state index in [1.807, 2.05) is 21.6 Å². The molecule has 1 aromatic rings. The van der Waals surface area contributed by atoms with Crippen LogP contribution in [-0.2, 0) is 14.3 Å². The number of nitrogens with one attached hydrogen (secondary N) is 2. The quantitative estimate of drug-likeness (QED) is 0.0790. The fraction of sp³-hybridized carbons (Fsp3) is 0.731. The van der Waals surface area contributed by atoms with Crippen LogP contribution in [0.3, 0.4) is 0 Å².